The Balaban J connectivity index is 1.17. The highest BCUT2D eigenvalue weighted by Gasteiger charge is 2.57. The van der Waals surface area contributed by atoms with Gasteiger partial charge in [0.25, 0.3) is 0 Å². The van der Waals surface area contributed by atoms with Crippen molar-refractivity contribution in [3.63, 3.8) is 0 Å². The topological polar surface area (TPSA) is 481 Å². The van der Waals surface area contributed by atoms with Crippen LogP contribution in [0.5, 0.6) is 0 Å². The Morgan fingerprint density at radius 2 is 0.754 bits per heavy atom. The molecule has 18 unspecified atom stereocenters. The van der Waals surface area contributed by atoms with Crippen molar-refractivity contribution in [2.24, 2.45) is 5.73 Å². The van der Waals surface area contributed by atoms with Crippen LogP contribution >= 0.6 is 0 Å². The van der Waals surface area contributed by atoms with E-state index < -0.39 is 217 Å². The number of aliphatic hydroxyl groups is 17. The monoisotopic (exact) mass is 1010 g/mol. The molecule has 6 aliphatic heterocycles. The van der Waals surface area contributed by atoms with Crippen molar-refractivity contribution in [2.45, 2.75) is 191 Å². The molecule has 19 N–H and O–H groups in total. The molecule has 0 aromatic rings. The zero-order chi connectivity index (χ0) is 50.8. The summed E-state index contributed by atoms with van der Waals surface area (Å²) in [5.74, 6) is 0. The van der Waals surface area contributed by atoms with Gasteiger partial charge in [0.1, 0.15) is 134 Å². The Morgan fingerprint density at radius 3 is 1.30 bits per heavy atom. The van der Waals surface area contributed by atoms with Crippen LogP contribution in [0.4, 0.5) is 0 Å². The summed E-state index contributed by atoms with van der Waals surface area (Å²) in [6.45, 7) is 0.102. The van der Waals surface area contributed by atoms with Gasteiger partial charge in [-0.15, -0.1) is 6.58 Å². The van der Waals surface area contributed by atoms with E-state index in [9.17, 15) is 86.8 Å². The molecule has 0 spiro atoms. The van der Waals surface area contributed by atoms with Gasteiger partial charge in [-0.25, -0.2) is 0 Å². The third-order valence-corrected chi connectivity index (χ3v) is 12.8. The molecule has 30 nitrogen and oxygen atoms in total. The molecule has 6 aliphatic rings. The van der Waals surface area contributed by atoms with Crippen LogP contribution in [0, 0.1) is 0 Å². The molecule has 30 heteroatoms. The van der Waals surface area contributed by atoms with Crippen LogP contribution in [0.2, 0.25) is 0 Å². The molecule has 69 heavy (non-hydrogen) atoms. The minimum atomic E-state index is -2.15. The Labute approximate surface area is 392 Å². The van der Waals surface area contributed by atoms with Crippen molar-refractivity contribution in [1.82, 2.24) is 0 Å². The van der Waals surface area contributed by atoms with Crippen LogP contribution in [0.3, 0.4) is 0 Å². The summed E-state index contributed by atoms with van der Waals surface area (Å²) in [4.78, 5) is 0. The van der Waals surface area contributed by atoms with Crippen LogP contribution in [0.1, 0.15) is 6.92 Å². The van der Waals surface area contributed by atoms with Crippen molar-refractivity contribution in [3.05, 3.63) is 12.7 Å². The molecule has 0 aromatic heterocycles. The van der Waals surface area contributed by atoms with E-state index in [1.807, 2.05) is 0 Å². The van der Waals surface area contributed by atoms with Crippen LogP contribution in [-0.4, -0.2) is 311 Å². The molecule has 6 heterocycles. The molecule has 6 fully saturated rings. The molecule has 0 amide bonds. The fourth-order valence-corrected chi connectivity index (χ4v) is 8.77. The maximum absolute atomic E-state index is 11.6. The lowest BCUT2D eigenvalue weighted by molar-refractivity contribution is -0.392. The van der Waals surface area contributed by atoms with Crippen LogP contribution < -0.4 is 5.73 Å². The van der Waals surface area contributed by atoms with Gasteiger partial charge in [0.2, 0.25) is 0 Å². The number of aliphatic hydroxyl groups excluding tert-OH is 17. The van der Waals surface area contributed by atoms with Crippen molar-refractivity contribution in [3.8, 4) is 0 Å². The average molecular weight is 1010 g/mol. The number of hydrogen-bond donors (Lipinski definition) is 18. The summed E-state index contributed by atoms with van der Waals surface area (Å²) in [7, 11) is 0. The fraction of sp³-hybridized carbons (Fsp3) is 0.949. The second-order valence-electron chi connectivity index (χ2n) is 17.4. The number of ether oxygens (including phenoxy) is 12. The summed E-state index contributed by atoms with van der Waals surface area (Å²) in [5, 5.41) is 182. The van der Waals surface area contributed by atoms with Crippen molar-refractivity contribution in [1.29, 1.82) is 0 Å². The van der Waals surface area contributed by atoms with Crippen LogP contribution in [0.15, 0.2) is 12.7 Å². The minimum Gasteiger partial charge on any atom is -0.394 e. The van der Waals surface area contributed by atoms with E-state index >= 15 is 0 Å². The van der Waals surface area contributed by atoms with Gasteiger partial charge in [-0.1, -0.05) is 6.08 Å². The highest BCUT2D eigenvalue weighted by Crippen LogP contribution is 2.37. The quantitative estimate of drug-likeness (QED) is 0.0567. The Kier molecular flexibility index (Phi) is 20.4. The highest BCUT2D eigenvalue weighted by atomic mass is 16.8. The molecule has 6 rings (SSSR count). The predicted molar refractivity (Wildman–Crippen MR) is 214 cm³/mol. The summed E-state index contributed by atoms with van der Waals surface area (Å²) >= 11 is 0. The maximum Gasteiger partial charge on any atom is 0.187 e. The van der Waals surface area contributed by atoms with E-state index in [1.165, 1.54) is 13.0 Å². The zero-order valence-corrected chi connectivity index (χ0v) is 36.9. The molecular weight excluding hydrogens is 946 g/mol. The second kappa shape index (κ2) is 24.7. The summed E-state index contributed by atoms with van der Waals surface area (Å²) in [6.07, 6.45) is -50.5. The van der Waals surface area contributed by atoms with E-state index in [4.69, 9.17) is 62.6 Å². The van der Waals surface area contributed by atoms with E-state index in [0.29, 0.717) is 0 Å². The molecule has 0 aromatic carbocycles. The summed E-state index contributed by atoms with van der Waals surface area (Å²) in [6, 6.07) is -1.73. The third-order valence-electron chi connectivity index (χ3n) is 12.8. The first-order chi connectivity index (χ1) is 32.8. The maximum atomic E-state index is 11.6. The van der Waals surface area contributed by atoms with Crippen molar-refractivity contribution in [2.75, 3.05) is 39.6 Å². The van der Waals surface area contributed by atoms with E-state index in [2.05, 4.69) is 6.58 Å². The number of rotatable bonds is 18. The molecule has 0 bridgehead atoms. The molecule has 402 valence electrons. The molecule has 6 saturated heterocycles. The predicted octanol–water partition coefficient (Wildman–Crippen LogP) is -11.9. The Morgan fingerprint density at radius 1 is 0.377 bits per heavy atom. The lowest BCUT2D eigenvalue weighted by Gasteiger charge is -2.50. The first-order valence-corrected chi connectivity index (χ1v) is 22.2. The smallest absolute Gasteiger partial charge is 0.187 e. The lowest BCUT2D eigenvalue weighted by atomic mass is 9.94. The van der Waals surface area contributed by atoms with E-state index in [0.717, 1.165) is 0 Å². The molecule has 0 saturated carbocycles. The van der Waals surface area contributed by atoms with Gasteiger partial charge < -0.3 is 149 Å². The van der Waals surface area contributed by atoms with Crippen LogP contribution in [-0.2, 0) is 56.8 Å². The second-order valence-corrected chi connectivity index (χ2v) is 17.4. The zero-order valence-electron chi connectivity index (χ0n) is 36.9. The summed E-state index contributed by atoms with van der Waals surface area (Å²) in [5.41, 5.74) is 6.50. The normalized spacial score (nSPS) is 52.1. The Hall–Kier alpha value is -1.46. The van der Waals surface area contributed by atoms with E-state index in [-0.39, 0.29) is 6.61 Å². The van der Waals surface area contributed by atoms with Crippen molar-refractivity contribution >= 4 is 0 Å². The number of hydrogen-bond acceptors (Lipinski definition) is 30. The SMILES string of the molecule is C=CCO[C@@H]1OC(CO)[C@@H](O[C@@H]2OC(CO)[C@H](O[C@H]3OC(CO)[C@H](O)C(O[C@@H]4OC(CO)[C@H](O)C(O[C@@H]5OC(CO)[C@H](O)C(O)C5O[C@@H]5OC(C)[C@@H](O)C(O)C5O)C4N)C3O)C(O)C2O)C(O)C1O. The third kappa shape index (κ3) is 11.9. The molecule has 30 atom stereocenters. The lowest BCUT2D eigenvalue weighted by Crippen LogP contribution is -2.69. The van der Waals surface area contributed by atoms with Crippen molar-refractivity contribution < 1.29 is 144 Å². The van der Waals surface area contributed by atoms with E-state index in [1.54, 1.807) is 0 Å². The van der Waals surface area contributed by atoms with Gasteiger partial charge in [0.15, 0.2) is 37.7 Å². The van der Waals surface area contributed by atoms with Gasteiger partial charge in [0, 0.05) is 0 Å². The first kappa shape index (κ1) is 56.8. The Bertz CT molecular complexity index is 1580. The van der Waals surface area contributed by atoms with Gasteiger partial charge in [-0.2, -0.15) is 0 Å². The standard InChI is InChI=1S/C39H67NO29/c1-3-4-58-35-26(55)23(52)29(14(8-44)63-35)65-37-27(56)24(53)30(15(9-45)64-37)66-38-28(57)32(20(49)13(7-43)61-38)68-34-16(40)31(19(48)12(6-42)60-34)67-39-33(22(51)18(47)11(5-41)62-39)69-36-25(54)21(50)17(46)10(2)59-36/h3,10-39,41-57H,1,4-9,40H2,2H3/t10?,11?,12?,13?,14?,15?,16?,17-,18+,19+,20+,21?,22?,23?,24?,25?,26?,27?,28?,29-,30+,31?,32?,33?,34+,35-,36+,37+,38-,39+/m1/s1. The molecular formula is C39H67NO29. The average Bonchev–Trinajstić information content (AvgIpc) is 3.34. The van der Waals surface area contributed by atoms with Gasteiger partial charge >= 0.3 is 0 Å². The highest BCUT2D eigenvalue weighted by molar-refractivity contribution is 5.00. The summed E-state index contributed by atoms with van der Waals surface area (Å²) < 4.78 is 68.0. The fourth-order valence-electron chi connectivity index (χ4n) is 8.77. The largest absolute Gasteiger partial charge is 0.394 e. The molecule has 0 aliphatic carbocycles. The van der Waals surface area contributed by atoms with Gasteiger partial charge in [-0.05, 0) is 6.92 Å². The minimum absolute atomic E-state index is 0.101. The number of nitrogens with two attached hydrogens (primary N) is 1. The van der Waals surface area contributed by atoms with Gasteiger partial charge in [0.05, 0.1) is 51.8 Å². The first-order valence-electron chi connectivity index (χ1n) is 22.2. The molecule has 0 radical (unpaired) electrons. The van der Waals surface area contributed by atoms with Gasteiger partial charge in [-0.3, -0.25) is 0 Å². The van der Waals surface area contributed by atoms with Crippen LogP contribution in [0.25, 0.3) is 0 Å².